The van der Waals surface area contributed by atoms with Gasteiger partial charge in [-0.1, -0.05) is 26.7 Å². The summed E-state index contributed by atoms with van der Waals surface area (Å²) >= 11 is 0. The molecular formula is C56H22BF34N. The van der Waals surface area contributed by atoms with E-state index in [-0.39, 0.29) is 0 Å². The van der Waals surface area contributed by atoms with E-state index < -0.39 is 269 Å². The predicted octanol–water partition coefficient (Wildman–Crippen LogP) is 16.2. The molecule has 0 saturated carbocycles. The molecule has 1 nitrogen and oxygen atoms in total. The van der Waals surface area contributed by atoms with Gasteiger partial charge in [0, 0.05) is 6.07 Å². The van der Waals surface area contributed by atoms with Crippen molar-refractivity contribution in [2.45, 2.75) is 52.1 Å². The van der Waals surface area contributed by atoms with Crippen LogP contribution in [0.4, 0.5) is 155 Å². The van der Waals surface area contributed by atoms with Crippen molar-refractivity contribution in [2.75, 3.05) is 13.1 Å². The van der Waals surface area contributed by atoms with Crippen LogP contribution in [0.1, 0.15) is 51.5 Å². The molecule has 0 aliphatic rings. The lowest BCUT2D eigenvalue weighted by Gasteiger charge is -2.47. The summed E-state index contributed by atoms with van der Waals surface area (Å²) in [5, 5.41) is -27.0. The van der Waals surface area contributed by atoms with Gasteiger partial charge in [-0.3, -0.25) is 4.90 Å². The third-order valence-corrected chi connectivity index (χ3v) is 14.9. The summed E-state index contributed by atoms with van der Waals surface area (Å²) in [5.74, 6) is -110. The highest BCUT2D eigenvalue weighted by molar-refractivity contribution is 7.23. The first-order valence-electron chi connectivity index (χ1n) is 25.3. The number of nitrogens with one attached hydrogen (secondary N) is 1. The second-order valence-corrected chi connectivity index (χ2v) is 19.9. The molecule has 0 amide bonds. The highest BCUT2D eigenvalue weighted by atomic mass is 19.4. The number of rotatable bonds is 12. The van der Waals surface area contributed by atoms with Crippen molar-refractivity contribution in [3.05, 3.63) is 192 Å². The summed E-state index contributed by atoms with van der Waals surface area (Å²) < 4.78 is 526. The van der Waals surface area contributed by atoms with Crippen molar-refractivity contribution in [1.29, 1.82) is 0 Å². The van der Waals surface area contributed by atoms with Gasteiger partial charge in [0.2, 0.25) is 0 Å². The minimum Gasteiger partial charge on any atom is -0.300 e. The minimum absolute atomic E-state index is 0.353. The minimum atomic E-state index is -8.05. The van der Waals surface area contributed by atoms with E-state index in [1.165, 1.54) is 0 Å². The molecule has 9 aromatic carbocycles. The summed E-state index contributed by atoms with van der Waals surface area (Å²) in [6, 6.07) is 0.546. The average molecular weight is 1370 g/mol. The lowest BCUT2D eigenvalue weighted by molar-refractivity contribution is -0.834. The van der Waals surface area contributed by atoms with Crippen molar-refractivity contribution in [3.8, 4) is 0 Å². The van der Waals surface area contributed by atoms with Crippen LogP contribution < -0.4 is 26.8 Å². The normalized spacial score (nSPS) is 12.6. The van der Waals surface area contributed by atoms with Gasteiger partial charge in [0.1, 0.15) is 35.0 Å². The number of hydrogen-bond acceptors (Lipinski definition) is 0. The topological polar surface area (TPSA) is 4.44 Å². The van der Waals surface area contributed by atoms with Gasteiger partial charge < -0.3 is 0 Å². The predicted molar refractivity (Wildman–Crippen MR) is 255 cm³/mol. The summed E-state index contributed by atoms with van der Waals surface area (Å²) in [7, 11) is 0. The maximum atomic E-state index is 17.3. The molecule has 92 heavy (non-hydrogen) atoms. The summed E-state index contributed by atoms with van der Waals surface area (Å²) in [4.78, 5) is 0.408. The van der Waals surface area contributed by atoms with Crippen LogP contribution >= 0.6 is 0 Å². The fourth-order valence-corrected chi connectivity index (χ4v) is 11.2. The number of halogens is 34. The number of alkyl halides is 3. The van der Waals surface area contributed by atoms with Crippen LogP contribution in [0.3, 0.4) is 0 Å². The molecule has 0 radical (unpaired) electrons. The second-order valence-electron chi connectivity index (χ2n) is 19.9. The van der Waals surface area contributed by atoms with E-state index in [4.69, 9.17) is 0 Å². The van der Waals surface area contributed by atoms with Crippen LogP contribution in [0.25, 0.3) is 43.1 Å². The molecule has 492 valence electrons. The van der Waals surface area contributed by atoms with E-state index in [9.17, 15) is 43.9 Å². The van der Waals surface area contributed by atoms with Gasteiger partial charge >= 0.3 is 6.18 Å². The first-order chi connectivity index (χ1) is 42.7. The van der Waals surface area contributed by atoms with E-state index in [0.29, 0.717) is 36.9 Å². The quantitative estimate of drug-likeness (QED) is 0.0409. The lowest BCUT2D eigenvalue weighted by Crippen LogP contribution is -3.07. The average Bonchev–Trinajstić information content (AvgIpc) is 0.663. The van der Waals surface area contributed by atoms with Crippen LogP contribution in [0.15, 0.2) is 6.07 Å². The monoisotopic (exact) mass is 1370 g/mol. The largest absolute Gasteiger partial charge is 0.422 e. The lowest BCUT2D eigenvalue weighted by atomic mass is 9.11. The van der Waals surface area contributed by atoms with Crippen LogP contribution in [0.5, 0.6) is 0 Å². The van der Waals surface area contributed by atoms with Crippen molar-refractivity contribution >= 4 is 76.8 Å². The molecule has 36 heteroatoms. The molecule has 9 rings (SSSR count). The summed E-state index contributed by atoms with van der Waals surface area (Å²) in [6.07, 6.45) is -9.24. The van der Waals surface area contributed by atoms with Crippen LogP contribution in [0, 0.1) is 180 Å². The standard InChI is InChI=1S/C40BF28.C16H21F6N/c42-13-1-5(21(50)37(66)33(13)62)17(46)29(58)25(54)9(1)41(10-2-6(18(47)30(59)26(10)55)22(51)38(67)34(63)14(2)43,11-3-7(19(48)31(60)27(11)56)23(52)39(68)35(64)15(3)44)12-4-8(20(49)32(61)28(12)57)24(53)40(69)36(65)16(4)45;1-3-5-6-7-9-23(8-4-2)12-10-11(17)14(18)13(15(12)19)16(20,21)22/h;10H,3-9H2,1-2H3/q-1;/p+1. The second kappa shape index (κ2) is 24.6. The van der Waals surface area contributed by atoms with E-state index in [0.717, 1.165) is 19.3 Å². The zero-order valence-electron chi connectivity index (χ0n) is 44.5. The van der Waals surface area contributed by atoms with Crippen molar-refractivity contribution in [2.24, 2.45) is 0 Å². The molecule has 0 fully saturated rings. The number of benzene rings is 9. The van der Waals surface area contributed by atoms with Gasteiger partial charge in [0.15, 0.2) is 163 Å². The first-order valence-corrected chi connectivity index (χ1v) is 25.3. The van der Waals surface area contributed by atoms with Crippen LogP contribution in [0.2, 0.25) is 0 Å². The Hall–Kier alpha value is -8.34. The van der Waals surface area contributed by atoms with Crippen molar-refractivity contribution in [1.82, 2.24) is 0 Å². The Bertz CT molecular complexity index is 4130. The van der Waals surface area contributed by atoms with E-state index in [2.05, 4.69) is 0 Å². The highest BCUT2D eigenvalue weighted by Crippen LogP contribution is 2.43. The molecule has 0 bridgehead atoms. The zero-order chi connectivity index (χ0) is 69.2. The Labute approximate surface area is 487 Å². The summed E-state index contributed by atoms with van der Waals surface area (Å²) in [5.41, 5.74) is -18.1. The number of quaternary nitrogens is 1. The molecule has 1 unspecified atom stereocenters. The Morgan fingerprint density at radius 1 is 0.261 bits per heavy atom. The molecule has 0 spiro atoms. The van der Waals surface area contributed by atoms with Crippen molar-refractivity contribution < 1.29 is 154 Å². The molecule has 9 aromatic rings. The molecule has 0 aromatic heterocycles. The SMILES string of the molecule is CCCCCC[NH+](CCC)c1cc(F)c(F)c(C(F)(F)F)c1F.Fc1c(F)c(F)c2c([B-](c3c(F)c(F)c(F)c4c(F)c(F)c(F)c(F)c34)(c3c(F)c(F)c(F)c4c(F)c(F)c(F)c(F)c34)c3c(F)c(F)c(F)c4c(F)c(F)c(F)c(F)c34)c(F)c(F)c(F)c2c1F. The number of fused-ring (bicyclic) bond motifs is 4. The Kier molecular flexibility index (Phi) is 18.6. The highest BCUT2D eigenvalue weighted by Gasteiger charge is 2.52. The third-order valence-electron chi connectivity index (χ3n) is 14.9. The first kappa shape index (κ1) is 69.6. The molecule has 1 atom stereocenters. The molecule has 0 heterocycles. The van der Waals surface area contributed by atoms with E-state index in [1.54, 1.807) is 6.92 Å². The Morgan fingerprint density at radius 2 is 0.500 bits per heavy atom. The van der Waals surface area contributed by atoms with Gasteiger partial charge in [-0.25, -0.2) is 132 Å². The molecule has 0 saturated heterocycles. The van der Waals surface area contributed by atoms with E-state index >= 15 is 105 Å². The molecule has 1 N–H and O–H groups in total. The summed E-state index contributed by atoms with van der Waals surface area (Å²) in [6.45, 7) is 4.55. The number of unbranched alkanes of at least 4 members (excludes halogenated alkanes) is 3. The maximum absolute atomic E-state index is 17.3. The Morgan fingerprint density at radius 3 is 0.728 bits per heavy atom. The van der Waals surface area contributed by atoms with Gasteiger partial charge in [0.25, 0.3) is 0 Å². The van der Waals surface area contributed by atoms with Gasteiger partial charge in [0.05, 0.1) is 34.6 Å². The zero-order valence-corrected chi connectivity index (χ0v) is 44.5. The van der Waals surface area contributed by atoms with Gasteiger partial charge in [-0.15, -0.1) is 21.9 Å². The van der Waals surface area contributed by atoms with Crippen LogP contribution in [-0.4, -0.2) is 19.2 Å². The number of hydrogen-bond donors (Lipinski definition) is 1. The van der Waals surface area contributed by atoms with Gasteiger partial charge in [-0.2, -0.15) is 17.6 Å². The molecule has 0 aliphatic heterocycles. The molecular weight excluding hydrogens is 1340 g/mol. The van der Waals surface area contributed by atoms with Crippen molar-refractivity contribution in [3.63, 3.8) is 0 Å². The Balaban J connectivity index is 0.000000400. The van der Waals surface area contributed by atoms with Gasteiger partial charge in [-0.05, 0) is 40.8 Å². The fraction of sp³-hybridized carbons (Fsp3) is 0.179. The third kappa shape index (κ3) is 9.99. The van der Waals surface area contributed by atoms with Crippen LogP contribution in [-0.2, 0) is 6.18 Å². The fourth-order valence-electron chi connectivity index (χ4n) is 11.2. The molecule has 0 aliphatic carbocycles. The van der Waals surface area contributed by atoms with E-state index in [1.807, 2.05) is 6.92 Å². The smallest absolute Gasteiger partial charge is 0.300 e. The maximum Gasteiger partial charge on any atom is 0.422 e.